The van der Waals surface area contributed by atoms with Crippen LogP contribution in [0, 0.1) is 6.92 Å². The molecule has 27 heavy (non-hydrogen) atoms. The Morgan fingerprint density at radius 3 is 2.81 bits per heavy atom. The van der Waals surface area contributed by atoms with Crippen molar-refractivity contribution in [3.8, 4) is 17.0 Å². The molecule has 0 aliphatic carbocycles. The summed E-state index contributed by atoms with van der Waals surface area (Å²) < 4.78 is 10.2. The zero-order valence-electron chi connectivity index (χ0n) is 15.6. The Balaban J connectivity index is 1.71. The first-order valence-electron chi connectivity index (χ1n) is 8.52. The Hall–Kier alpha value is -3.19. The van der Waals surface area contributed by atoms with Crippen LogP contribution in [0.4, 0.5) is 0 Å². The molecule has 0 saturated heterocycles. The van der Waals surface area contributed by atoms with Gasteiger partial charge in [0.25, 0.3) is 5.91 Å². The number of ether oxygens (including phenoxy) is 2. The highest BCUT2D eigenvalue weighted by Crippen LogP contribution is 2.25. The van der Waals surface area contributed by atoms with E-state index in [1.54, 1.807) is 26.5 Å². The Bertz CT molecular complexity index is 936. The SMILES string of the molecule is COCc1cc(CNC(=O)c2cccc(-c3cnc(OC)cc3C)c2)[nH]n1. The number of aryl methyl sites for hydroxylation is 1. The number of nitrogens with one attached hydrogen (secondary N) is 2. The van der Waals surface area contributed by atoms with Crippen LogP contribution in [0.2, 0.25) is 0 Å². The molecule has 0 saturated carbocycles. The van der Waals surface area contributed by atoms with E-state index in [0.717, 1.165) is 28.1 Å². The number of methoxy groups -OCH3 is 2. The fourth-order valence-electron chi connectivity index (χ4n) is 2.77. The van der Waals surface area contributed by atoms with Crippen molar-refractivity contribution in [1.29, 1.82) is 0 Å². The van der Waals surface area contributed by atoms with Gasteiger partial charge in [0.1, 0.15) is 0 Å². The summed E-state index contributed by atoms with van der Waals surface area (Å²) in [6.45, 7) is 2.78. The lowest BCUT2D eigenvalue weighted by Gasteiger charge is -2.09. The van der Waals surface area contributed by atoms with Gasteiger partial charge in [-0.1, -0.05) is 12.1 Å². The molecule has 7 nitrogen and oxygen atoms in total. The molecule has 7 heteroatoms. The standard InChI is InChI=1S/C20H22N4O3/c1-13-7-19(27-3)21-11-18(13)14-5-4-6-15(8-14)20(25)22-10-16-9-17(12-26-2)24-23-16/h4-9,11H,10,12H2,1-3H3,(H,22,25)(H,23,24). The molecule has 0 aliphatic rings. The highest BCUT2D eigenvalue weighted by molar-refractivity contribution is 5.95. The number of benzene rings is 1. The number of H-pyrrole nitrogens is 1. The van der Waals surface area contributed by atoms with Crippen LogP contribution in [0.15, 0.2) is 42.6 Å². The van der Waals surface area contributed by atoms with Gasteiger partial charge in [0.05, 0.1) is 31.6 Å². The van der Waals surface area contributed by atoms with Crippen LogP contribution in [0.25, 0.3) is 11.1 Å². The number of amides is 1. The molecule has 1 aromatic carbocycles. The minimum absolute atomic E-state index is 0.154. The number of hydrogen-bond acceptors (Lipinski definition) is 5. The first-order chi connectivity index (χ1) is 13.1. The minimum Gasteiger partial charge on any atom is -0.481 e. The summed E-state index contributed by atoms with van der Waals surface area (Å²) in [6.07, 6.45) is 1.76. The molecule has 0 unspecified atom stereocenters. The summed E-state index contributed by atoms with van der Waals surface area (Å²) in [7, 11) is 3.20. The molecule has 0 radical (unpaired) electrons. The molecule has 2 aromatic heterocycles. The quantitative estimate of drug-likeness (QED) is 0.671. The molecule has 0 spiro atoms. The van der Waals surface area contributed by atoms with Crippen LogP contribution >= 0.6 is 0 Å². The second-order valence-electron chi connectivity index (χ2n) is 6.12. The van der Waals surface area contributed by atoms with E-state index in [0.29, 0.717) is 24.6 Å². The normalized spacial score (nSPS) is 10.6. The molecular formula is C20H22N4O3. The zero-order chi connectivity index (χ0) is 19.2. The second-order valence-corrected chi connectivity index (χ2v) is 6.12. The van der Waals surface area contributed by atoms with Crippen LogP contribution in [0.3, 0.4) is 0 Å². The third-order valence-electron chi connectivity index (χ3n) is 4.15. The first-order valence-corrected chi connectivity index (χ1v) is 8.52. The summed E-state index contributed by atoms with van der Waals surface area (Å²) in [5.74, 6) is 0.413. The van der Waals surface area contributed by atoms with Crippen molar-refractivity contribution < 1.29 is 14.3 Å². The number of aromatic nitrogens is 3. The number of pyridine rings is 1. The molecule has 1 amide bonds. The fraction of sp³-hybridized carbons (Fsp3) is 0.250. The van der Waals surface area contributed by atoms with Crippen LogP contribution in [0.1, 0.15) is 27.3 Å². The number of rotatable bonds is 7. The molecule has 2 N–H and O–H groups in total. The summed E-state index contributed by atoms with van der Waals surface area (Å²) >= 11 is 0. The van der Waals surface area contributed by atoms with E-state index in [4.69, 9.17) is 9.47 Å². The largest absolute Gasteiger partial charge is 0.481 e. The molecule has 3 rings (SSSR count). The molecule has 0 bridgehead atoms. The first kappa shape index (κ1) is 18.6. The number of carbonyl (C=O) groups is 1. The van der Waals surface area contributed by atoms with Gasteiger partial charge in [0.2, 0.25) is 5.88 Å². The maximum atomic E-state index is 12.5. The highest BCUT2D eigenvalue weighted by Gasteiger charge is 2.10. The topological polar surface area (TPSA) is 89.1 Å². The van der Waals surface area contributed by atoms with Gasteiger partial charge in [0, 0.05) is 30.5 Å². The van der Waals surface area contributed by atoms with Crippen molar-refractivity contribution in [2.75, 3.05) is 14.2 Å². The smallest absolute Gasteiger partial charge is 0.251 e. The maximum absolute atomic E-state index is 12.5. The van der Waals surface area contributed by atoms with Crippen LogP contribution < -0.4 is 10.1 Å². The van der Waals surface area contributed by atoms with Gasteiger partial charge >= 0.3 is 0 Å². The molecule has 140 valence electrons. The van der Waals surface area contributed by atoms with Crippen molar-refractivity contribution in [3.63, 3.8) is 0 Å². The summed E-state index contributed by atoms with van der Waals surface area (Å²) in [5.41, 5.74) is 5.12. The molecule has 0 atom stereocenters. The second kappa shape index (κ2) is 8.46. The van der Waals surface area contributed by atoms with Crippen LogP contribution in [-0.4, -0.2) is 35.3 Å². The van der Waals surface area contributed by atoms with Crippen molar-refractivity contribution in [2.45, 2.75) is 20.1 Å². The summed E-state index contributed by atoms with van der Waals surface area (Å²) in [6, 6.07) is 11.2. The lowest BCUT2D eigenvalue weighted by Crippen LogP contribution is -2.23. The lowest BCUT2D eigenvalue weighted by molar-refractivity contribution is 0.0950. The fourth-order valence-corrected chi connectivity index (χ4v) is 2.77. The van der Waals surface area contributed by atoms with E-state index in [1.165, 1.54) is 0 Å². The van der Waals surface area contributed by atoms with E-state index in [2.05, 4.69) is 20.5 Å². The van der Waals surface area contributed by atoms with Gasteiger partial charge < -0.3 is 14.8 Å². The lowest BCUT2D eigenvalue weighted by atomic mass is 10.0. The third kappa shape index (κ3) is 4.51. The van der Waals surface area contributed by atoms with Crippen molar-refractivity contribution in [1.82, 2.24) is 20.5 Å². The predicted molar refractivity (Wildman–Crippen MR) is 101 cm³/mol. The van der Waals surface area contributed by atoms with Crippen molar-refractivity contribution in [3.05, 3.63) is 65.1 Å². The molecular weight excluding hydrogens is 344 g/mol. The summed E-state index contributed by atoms with van der Waals surface area (Å²) in [5, 5.41) is 9.90. The number of nitrogens with zero attached hydrogens (tertiary/aromatic N) is 2. The predicted octanol–water partition coefficient (Wildman–Crippen LogP) is 2.87. The molecule has 3 aromatic rings. The van der Waals surface area contributed by atoms with E-state index in [-0.39, 0.29) is 5.91 Å². The average Bonchev–Trinajstić information content (AvgIpc) is 3.14. The van der Waals surface area contributed by atoms with E-state index < -0.39 is 0 Å². The van der Waals surface area contributed by atoms with E-state index in [9.17, 15) is 4.79 Å². The van der Waals surface area contributed by atoms with Gasteiger partial charge in [0.15, 0.2) is 0 Å². The Kier molecular flexibility index (Phi) is 5.83. The van der Waals surface area contributed by atoms with Gasteiger partial charge in [-0.2, -0.15) is 5.10 Å². The zero-order valence-corrected chi connectivity index (χ0v) is 15.6. The Labute approximate surface area is 157 Å². The maximum Gasteiger partial charge on any atom is 0.251 e. The van der Waals surface area contributed by atoms with E-state index >= 15 is 0 Å². The van der Waals surface area contributed by atoms with Gasteiger partial charge in [-0.15, -0.1) is 0 Å². The average molecular weight is 366 g/mol. The van der Waals surface area contributed by atoms with Crippen molar-refractivity contribution >= 4 is 5.91 Å². The molecule has 2 heterocycles. The minimum atomic E-state index is -0.154. The third-order valence-corrected chi connectivity index (χ3v) is 4.15. The Morgan fingerprint density at radius 2 is 2.07 bits per heavy atom. The van der Waals surface area contributed by atoms with Crippen LogP contribution in [-0.2, 0) is 17.9 Å². The van der Waals surface area contributed by atoms with Gasteiger partial charge in [-0.3, -0.25) is 9.89 Å². The highest BCUT2D eigenvalue weighted by atomic mass is 16.5. The Morgan fingerprint density at radius 1 is 1.22 bits per heavy atom. The van der Waals surface area contributed by atoms with E-state index in [1.807, 2.05) is 37.3 Å². The molecule has 0 aliphatic heterocycles. The number of aromatic amines is 1. The molecule has 0 fully saturated rings. The van der Waals surface area contributed by atoms with Gasteiger partial charge in [-0.05, 0) is 36.2 Å². The number of hydrogen-bond donors (Lipinski definition) is 2. The van der Waals surface area contributed by atoms with Crippen LogP contribution in [0.5, 0.6) is 5.88 Å². The van der Waals surface area contributed by atoms with Gasteiger partial charge in [-0.25, -0.2) is 4.98 Å². The monoisotopic (exact) mass is 366 g/mol. The summed E-state index contributed by atoms with van der Waals surface area (Å²) in [4.78, 5) is 16.8. The van der Waals surface area contributed by atoms with Crippen molar-refractivity contribution in [2.24, 2.45) is 0 Å². The number of carbonyl (C=O) groups excluding carboxylic acids is 1.